The highest BCUT2D eigenvalue weighted by atomic mass is 16.5. The normalized spacial score (nSPS) is 28.0. The Morgan fingerprint density at radius 2 is 2.06 bits per heavy atom. The number of likely N-dealkylation sites (tertiary alicyclic amines) is 1. The van der Waals surface area contributed by atoms with Gasteiger partial charge in [-0.2, -0.15) is 0 Å². The molecular weight excluding hydrogens is 214 g/mol. The first kappa shape index (κ1) is 11.0. The number of carbonyl (C=O) groups is 1. The maximum atomic E-state index is 12.6. The van der Waals surface area contributed by atoms with Crippen molar-refractivity contribution in [2.75, 3.05) is 13.2 Å². The van der Waals surface area contributed by atoms with Gasteiger partial charge in [-0.25, -0.2) is 0 Å². The average Bonchev–Trinajstić information content (AvgIpc) is 2.90. The molecule has 0 bridgehead atoms. The van der Waals surface area contributed by atoms with Crippen LogP contribution < -0.4 is 0 Å². The van der Waals surface area contributed by atoms with Gasteiger partial charge in [-0.05, 0) is 18.9 Å². The lowest BCUT2D eigenvalue weighted by molar-refractivity contribution is -0.135. The molecule has 1 amide bonds. The lowest BCUT2D eigenvalue weighted by Crippen LogP contribution is -2.35. The second-order valence-corrected chi connectivity index (χ2v) is 5.44. The fourth-order valence-electron chi connectivity index (χ4n) is 3.41. The van der Waals surface area contributed by atoms with Crippen molar-refractivity contribution in [3.8, 4) is 0 Å². The summed E-state index contributed by atoms with van der Waals surface area (Å²) in [5, 5.41) is 0. The van der Waals surface area contributed by atoms with Crippen LogP contribution in [-0.2, 0) is 9.53 Å². The van der Waals surface area contributed by atoms with Crippen molar-refractivity contribution in [1.82, 2.24) is 4.90 Å². The van der Waals surface area contributed by atoms with Gasteiger partial charge in [0.1, 0.15) is 0 Å². The number of rotatable bonds is 1. The average molecular weight is 233 g/mol. The highest BCUT2D eigenvalue weighted by Crippen LogP contribution is 2.49. The third-order valence-corrected chi connectivity index (χ3v) is 4.30. The van der Waals surface area contributed by atoms with Crippen molar-refractivity contribution in [1.29, 1.82) is 0 Å². The second-order valence-electron chi connectivity index (χ2n) is 5.44. The lowest BCUT2D eigenvalue weighted by atomic mass is 9.73. The van der Waals surface area contributed by atoms with Gasteiger partial charge in [0, 0.05) is 17.8 Å². The maximum absolute atomic E-state index is 12.6. The summed E-state index contributed by atoms with van der Waals surface area (Å²) in [4.78, 5) is 14.5. The molecule has 0 N–H and O–H groups in total. The van der Waals surface area contributed by atoms with Crippen LogP contribution in [0.2, 0.25) is 0 Å². The van der Waals surface area contributed by atoms with Gasteiger partial charge in [0.25, 0.3) is 0 Å². The van der Waals surface area contributed by atoms with E-state index in [0.29, 0.717) is 13.2 Å². The third kappa shape index (κ3) is 1.64. The Labute approximate surface area is 102 Å². The van der Waals surface area contributed by atoms with Crippen LogP contribution in [-0.4, -0.2) is 24.0 Å². The standard InChI is InChI=1S/C14H19NO2/c1-11-9-14(6-3-2-4-7-14)13(16)15(11)12-5-8-17-10-12/h5H,1-4,6-10H2. The smallest absolute Gasteiger partial charge is 0.237 e. The molecular formula is C14H19NO2. The van der Waals surface area contributed by atoms with Crippen LogP contribution in [0.4, 0.5) is 0 Å². The van der Waals surface area contributed by atoms with Crippen LogP contribution in [0.5, 0.6) is 0 Å². The van der Waals surface area contributed by atoms with Gasteiger partial charge >= 0.3 is 0 Å². The molecule has 0 unspecified atom stereocenters. The molecule has 3 heteroatoms. The van der Waals surface area contributed by atoms with Crippen molar-refractivity contribution < 1.29 is 9.53 Å². The summed E-state index contributed by atoms with van der Waals surface area (Å²) in [5.74, 6) is 0.277. The molecule has 92 valence electrons. The molecule has 3 nitrogen and oxygen atoms in total. The Morgan fingerprint density at radius 3 is 2.71 bits per heavy atom. The predicted octanol–water partition coefficient (Wildman–Crippen LogP) is 2.60. The minimum absolute atomic E-state index is 0.126. The van der Waals surface area contributed by atoms with E-state index >= 15 is 0 Å². The van der Waals surface area contributed by atoms with Gasteiger partial charge < -0.3 is 4.74 Å². The zero-order chi connectivity index (χ0) is 11.9. The molecule has 0 atom stereocenters. The maximum Gasteiger partial charge on any atom is 0.237 e. The third-order valence-electron chi connectivity index (χ3n) is 4.30. The molecule has 2 fully saturated rings. The van der Waals surface area contributed by atoms with E-state index in [1.165, 1.54) is 19.3 Å². The van der Waals surface area contributed by atoms with Crippen LogP contribution >= 0.6 is 0 Å². The van der Waals surface area contributed by atoms with Crippen LogP contribution in [0.1, 0.15) is 38.5 Å². The molecule has 2 heterocycles. The van der Waals surface area contributed by atoms with Crippen LogP contribution in [0.15, 0.2) is 24.0 Å². The number of hydrogen-bond acceptors (Lipinski definition) is 2. The number of allylic oxidation sites excluding steroid dienone is 1. The van der Waals surface area contributed by atoms with E-state index in [9.17, 15) is 4.79 Å². The van der Waals surface area contributed by atoms with Gasteiger partial charge in [0.05, 0.1) is 18.6 Å². The Kier molecular flexibility index (Phi) is 2.58. The number of hydrogen-bond donors (Lipinski definition) is 0. The first-order valence-electron chi connectivity index (χ1n) is 6.52. The highest BCUT2D eigenvalue weighted by molar-refractivity contribution is 5.89. The molecule has 0 aromatic carbocycles. The van der Waals surface area contributed by atoms with Crippen LogP contribution in [0.25, 0.3) is 0 Å². The Hall–Kier alpha value is -1.09. The summed E-state index contributed by atoms with van der Waals surface area (Å²) in [6, 6.07) is 0. The summed E-state index contributed by atoms with van der Waals surface area (Å²) in [6.07, 6.45) is 8.57. The molecule has 17 heavy (non-hydrogen) atoms. The highest BCUT2D eigenvalue weighted by Gasteiger charge is 2.49. The van der Waals surface area contributed by atoms with Crippen molar-refractivity contribution in [3.05, 3.63) is 24.0 Å². The topological polar surface area (TPSA) is 29.5 Å². The van der Waals surface area contributed by atoms with E-state index in [-0.39, 0.29) is 11.3 Å². The van der Waals surface area contributed by atoms with Crippen molar-refractivity contribution in [3.63, 3.8) is 0 Å². The molecule has 0 radical (unpaired) electrons. The van der Waals surface area contributed by atoms with Gasteiger partial charge in [-0.3, -0.25) is 9.69 Å². The molecule has 0 aromatic heterocycles. The first-order valence-corrected chi connectivity index (χ1v) is 6.52. The van der Waals surface area contributed by atoms with E-state index < -0.39 is 0 Å². The lowest BCUT2D eigenvalue weighted by Gasteiger charge is -2.31. The van der Waals surface area contributed by atoms with Crippen LogP contribution in [0.3, 0.4) is 0 Å². The molecule has 1 saturated heterocycles. The van der Waals surface area contributed by atoms with Crippen molar-refractivity contribution in [2.24, 2.45) is 5.41 Å². The van der Waals surface area contributed by atoms with Gasteiger partial charge in [0.2, 0.25) is 5.91 Å². The zero-order valence-corrected chi connectivity index (χ0v) is 10.2. The Morgan fingerprint density at radius 1 is 1.29 bits per heavy atom. The van der Waals surface area contributed by atoms with Gasteiger partial charge in [-0.1, -0.05) is 25.8 Å². The van der Waals surface area contributed by atoms with Gasteiger partial charge in [0.15, 0.2) is 0 Å². The summed E-state index contributed by atoms with van der Waals surface area (Å²) in [7, 11) is 0. The monoisotopic (exact) mass is 233 g/mol. The molecule has 1 saturated carbocycles. The molecule has 0 aromatic rings. The molecule has 3 aliphatic rings. The molecule has 1 spiro atoms. The molecule has 1 aliphatic carbocycles. The minimum atomic E-state index is -0.126. The Balaban J connectivity index is 1.87. The fraction of sp³-hybridized carbons (Fsp3) is 0.643. The summed E-state index contributed by atoms with van der Waals surface area (Å²) < 4.78 is 5.31. The second kappa shape index (κ2) is 3.98. The van der Waals surface area contributed by atoms with E-state index in [0.717, 1.165) is 30.7 Å². The first-order chi connectivity index (χ1) is 8.23. The van der Waals surface area contributed by atoms with E-state index in [4.69, 9.17) is 4.74 Å². The molecule has 3 rings (SSSR count). The minimum Gasteiger partial charge on any atom is -0.371 e. The number of carbonyl (C=O) groups excluding carboxylic acids is 1. The number of nitrogens with zero attached hydrogens (tertiary/aromatic N) is 1. The summed E-state index contributed by atoms with van der Waals surface area (Å²) in [6.45, 7) is 5.27. The molecule has 2 aliphatic heterocycles. The quantitative estimate of drug-likeness (QED) is 0.696. The zero-order valence-electron chi connectivity index (χ0n) is 10.2. The van der Waals surface area contributed by atoms with Crippen LogP contribution in [0, 0.1) is 5.41 Å². The summed E-state index contributed by atoms with van der Waals surface area (Å²) in [5.41, 5.74) is 1.84. The SMILES string of the molecule is C=C1CC2(CCCCC2)C(=O)N1C1=CCOC1. The van der Waals surface area contributed by atoms with E-state index in [2.05, 4.69) is 6.58 Å². The fourth-order valence-corrected chi connectivity index (χ4v) is 3.41. The summed E-state index contributed by atoms with van der Waals surface area (Å²) >= 11 is 0. The number of ether oxygens (including phenoxy) is 1. The van der Waals surface area contributed by atoms with E-state index in [1.54, 1.807) is 0 Å². The Bertz CT molecular complexity index is 391. The number of amides is 1. The predicted molar refractivity (Wildman–Crippen MR) is 65.0 cm³/mol. The largest absolute Gasteiger partial charge is 0.371 e. The van der Waals surface area contributed by atoms with Crippen molar-refractivity contribution in [2.45, 2.75) is 38.5 Å². The van der Waals surface area contributed by atoms with Gasteiger partial charge in [-0.15, -0.1) is 0 Å². The van der Waals surface area contributed by atoms with Crippen molar-refractivity contribution >= 4 is 5.91 Å². The van der Waals surface area contributed by atoms with E-state index in [1.807, 2.05) is 11.0 Å².